The summed E-state index contributed by atoms with van der Waals surface area (Å²) in [4.78, 5) is 19.9. The fourth-order valence-electron chi connectivity index (χ4n) is 3.50. The molecule has 0 radical (unpaired) electrons. The van der Waals surface area contributed by atoms with Gasteiger partial charge in [0.15, 0.2) is 10.8 Å². The van der Waals surface area contributed by atoms with Crippen LogP contribution in [0.2, 0.25) is 0 Å². The van der Waals surface area contributed by atoms with Crippen molar-refractivity contribution in [2.24, 2.45) is 0 Å². The fraction of sp³-hybridized carbons (Fsp3) is 0.150. The highest BCUT2D eigenvalue weighted by molar-refractivity contribution is 7.99. The lowest BCUT2D eigenvalue weighted by atomic mass is 10.1. The smallest absolute Gasteiger partial charge is 0.262 e. The summed E-state index contributed by atoms with van der Waals surface area (Å²) in [6.07, 6.45) is 1.69. The van der Waals surface area contributed by atoms with Gasteiger partial charge in [-0.15, -0.1) is 0 Å². The molecule has 0 aliphatic heterocycles. The average molecular weight is 376 g/mol. The van der Waals surface area contributed by atoms with Crippen molar-refractivity contribution >= 4 is 22.8 Å². The number of aliphatic hydroxyl groups excluding tert-OH is 1. The molecule has 0 saturated carbocycles. The molecule has 0 fully saturated rings. The van der Waals surface area contributed by atoms with E-state index in [1.54, 1.807) is 4.68 Å². The van der Waals surface area contributed by atoms with E-state index in [1.807, 2.05) is 54.6 Å². The van der Waals surface area contributed by atoms with Gasteiger partial charge in [0.05, 0.1) is 18.0 Å². The van der Waals surface area contributed by atoms with Crippen molar-refractivity contribution in [2.75, 3.05) is 0 Å². The molecule has 6 nitrogen and oxygen atoms in total. The topological polar surface area (TPSA) is 83.8 Å². The fourth-order valence-corrected chi connectivity index (χ4v) is 4.62. The third-order valence-corrected chi connectivity index (χ3v) is 5.97. The number of hydrogen-bond acceptors (Lipinski definition) is 5. The highest BCUT2D eigenvalue weighted by atomic mass is 32.2. The number of H-pyrrole nitrogens is 1. The van der Waals surface area contributed by atoms with Crippen molar-refractivity contribution in [1.82, 2.24) is 19.7 Å². The Hall–Kier alpha value is -2.90. The van der Waals surface area contributed by atoms with Gasteiger partial charge in [-0.25, -0.2) is 9.67 Å². The molecule has 0 unspecified atom stereocenters. The molecule has 2 aromatic heterocycles. The van der Waals surface area contributed by atoms with Crippen LogP contribution in [0.3, 0.4) is 0 Å². The Morgan fingerprint density at radius 3 is 2.70 bits per heavy atom. The number of nitrogens with one attached hydrogen (secondary N) is 1. The number of thioether (sulfide) groups is 1. The van der Waals surface area contributed by atoms with Crippen molar-refractivity contribution in [3.63, 3.8) is 0 Å². The number of para-hydroxylation sites is 1. The first-order valence-electron chi connectivity index (χ1n) is 8.67. The standard InChI is InChI=1S/C20H16N4O2S/c25-17-14-9-5-4-6-12(14)10-16(17)27-20-22-18-15(19(26)23-20)11-21-24(18)13-7-2-1-3-8-13/h1-9,11,16-17,25H,10H2,(H,22,23,26)/t16-,17+/m0/s1. The Labute approximate surface area is 158 Å². The van der Waals surface area contributed by atoms with Gasteiger partial charge in [0.1, 0.15) is 5.39 Å². The molecule has 2 heterocycles. The maximum absolute atomic E-state index is 12.5. The Kier molecular flexibility index (Phi) is 3.84. The predicted octanol–water partition coefficient (Wildman–Crippen LogP) is 2.86. The summed E-state index contributed by atoms with van der Waals surface area (Å²) in [7, 11) is 0. The lowest BCUT2D eigenvalue weighted by molar-refractivity contribution is 0.185. The van der Waals surface area contributed by atoms with Gasteiger partial charge < -0.3 is 10.1 Å². The first-order valence-corrected chi connectivity index (χ1v) is 9.54. The van der Waals surface area contributed by atoms with E-state index in [9.17, 15) is 9.90 Å². The lowest BCUT2D eigenvalue weighted by Crippen LogP contribution is -2.14. The minimum Gasteiger partial charge on any atom is -0.387 e. The monoisotopic (exact) mass is 376 g/mol. The highest BCUT2D eigenvalue weighted by Crippen LogP contribution is 2.40. The Balaban J connectivity index is 1.53. The molecule has 2 aromatic carbocycles. The first-order chi connectivity index (χ1) is 13.2. The van der Waals surface area contributed by atoms with Crippen LogP contribution >= 0.6 is 11.8 Å². The van der Waals surface area contributed by atoms with Gasteiger partial charge >= 0.3 is 0 Å². The highest BCUT2D eigenvalue weighted by Gasteiger charge is 2.32. The van der Waals surface area contributed by atoms with Gasteiger partial charge in [-0.3, -0.25) is 4.79 Å². The van der Waals surface area contributed by atoms with Crippen molar-refractivity contribution in [1.29, 1.82) is 0 Å². The molecule has 0 saturated heterocycles. The Morgan fingerprint density at radius 1 is 1.11 bits per heavy atom. The van der Waals surface area contributed by atoms with E-state index in [2.05, 4.69) is 15.1 Å². The molecule has 4 aromatic rings. The maximum atomic E-state index is 12.5. The normalized spacial score (nSPS) is 18.7. The number of aromatic nitrogens is 4. The van der Waals surface area contributed by atoms with Crippen molar-refractivity contribution in [3.8, 4) is 5.69 Å². The van der Waals surface area contributed by atoms with E-state index >= 15 is 0 Å². The third-order valence-electron chi connectivity index (χ3n) is 4.83. The molecular weight excluding hydrogens is 360 g/mol. The van der Waals surface area contributed by atoms with Crippen LogP contribution in [0.25, 0.3) is 16.7 Å². The van der Waals surface area contributed by atoms with Gasteiger partial charge in [-0.2, -0.15) is 5.10 Å². The third kappa shape index (κ3) is 2.75. The van der Waals surface area contributed by atoms with E-state index in [1.165, 1.54) is 18.0 Å². The van der Waals surface area contributed by atoms with E-state index in [0.29, 0.717) is 16.2 Å². The van der Waals surface area contributed by atoms with Gasteiger partial charge in [-0.05, 0) is 29.7 Å². The van der Waals surface area contributed by atoms with Gasteiger partial charge in [-0.1, -0.05) is 54.2 Å². The molecule has 0 spiro atoms. The minimum atomic E-state index is -0.578. The summed E-state index contributed by atoms with van der Waals surface area (Å²) in [5.41, 5.74) is 3.22. The zero-order chi connectivity index (χ0) is 18.4. The van der Waals surface area contributed by atoms with Gasteiger partial charge in [0.2, 0.25) is 0 Å². The second-order valence-electron chi connectivity index (χ2n) is 6.50. The second kappa shape index (κ2) is 6.37. The van der Waals surface area contributed by atoms with Crippen LogP contribution in [0.15, 0.2) is 70.7 Å². The summed E-state index contributed by atoms with van der Waals surface area (Å²) in [5, 5.41) is 15.8. The van der Waals surface area contributed by atoms with Gasteiger partial charge in [0, 0.05) is 5.25 Å². The number of hydrogen-bond donors (Lipinski definition) is 2. The van der Waals surface area contributed by atoms with Crippen LogP contribution in [0.1, 0.15) is 17.2 Å². The van der Waals surface area contributed by atoms with E-state index < -0.39 is 6.10 Å². The lowest BCUT2D eigenvalue weighted by Gasteiger charge is -2.13. The molecule has 0 bridgehead atoms. The number of aromatic amines is 1. The van der Waals surface area contributed by atoms with Crippen LogP contribution in [0.5, 0.6) is 0 Å². The summed E-state index contributed by atoms with van der Waals surface area (Å²) in [5.74, 6) is 0. The summed E-state index contributed by atoms with van der Waals surface area (Å²) in [6.45, 7) is 0. The quantitative estimate of drug-likeness (QED) is 0.537. The molecule has 1 aliphatic carbocycles. The summed E-state index contributed by atoms with van der Waals surface area (Å²) >= 11 is 1.39. The minimum absolute atomic E-state index is 0.0869. The van der Waals surface area contributed by atoms with E-state index in [-0.39, 0.29) is 10.8 Å². The number of benzene rings is 2. The van der Waals surface area contributed by atoms with E-state index in [4.69, 9.17) is 0 Å². The molecule has 5 rings (SSSR count). The molecule has 1 aliphatic rings. The summed E-state index contributed by atoms with van der Waals surface area (Å²) in [6, 6.07) is 17.5. The Morgan fingerprint density at radius 2 is 1.89 bits per heavy atom. The number of rotatable bonds is 3. The van der Waals surface area contributed by atoms with Crippen molar-refractivity contribution in [3.05, 3.63) is 82.3 Å². The predicted molar refractivity (Wildman–Crippen MR) is 104 cm³/mol. The van der Waals surface area contributed by atoms with Crippen molar-refractivity contribution in [2.45, 2.75) is 22.9 Å². The Bertz CT molecular complexity index is 1190. The van der Waals surface area contributed by atoms with Crippen LogP contribution < -0.4 is 5.56 Å². The van der Waals surface area contributed by atoms with Crippen LogP contribution in [-0.4, -0.2) is 30.1 Å². The molecule has 2 N–H and O–H groups in total. The van der Waals surface area contributed by atoms with Crippen LogP contribution in [0.4, 0.5) is 0 Å². The molecule has 134 valence electrons. The van der Waals surface area contributed by atoms with E-state index in [0.717, 1.165) is 23.2 Å². The zero-order valence-electron chi connectivity index (χ0n) is 14.2. The maximum Gasteiger partial charge on any atom is 0.262 e. The largest absolute Gasteiger partial charge is 0.387 e. The molecule has 2 atom stereocenters. The number of aliphatic hydroxyl groups is 1. The SMILES string of the molecule is O=c1[nH]c(S[C@H]2Cc3ccccc3[C@H]2O)nc2c1cnn2-c1ccccc1. The average Bonchev–Trinajstić information content (AvgIpc) is 3.25. The zero-order valence-corrected chi connectivity index (χ0v) is 15.1. The molecule has 7 heteroatoms. The second-order valence-corrected chi connectivity index (χ2v) is 7.73. The summed E-state index contributed by atoms with van der Waals surface area (Å²) < 4.78 is 1.66. The van der Waals surface area contributed by atoms with Crippen LogP contribution in [-0.2, 0) is 6.42 Å². The first kappa shape index (κ1) is 16.3. The van der Waals surface area contributed by atoms with Crippen molar-refractivity contribution < 1.29 is 5.11 Å². The molecular formula is C20H16N4O2S. The number of fused-ring (bicyclic) bond motifs is 2. The molecule has 27 heavy (non-hydrogen) atoms. The number of nitrogens with zero attached hydrogens (tertiary/aromatic N) is 3. The molecule has 0 amide bonds. The van der Waals surface area contributed by atoms with Gasteiger partial charge in [0.25, 0.3) is 5.56 Å². The van der Waals surface area contributed by atoms with Crippen LogP contribution in [0, 0.1) is 0 Å².